The lowest BCUT2D eigenvalue weighted by atomic mass is 10.2. The summed E-state index contributed by atoms with van der Waals surface area (Å²) in [5.74, 6) is 0. The molecule has 1 aromatic rings. The first kappa shape index (κ1) is 8.28. The van der Waals surface area contributed by atoms with Crippen molar-refractivity contribution in [3.8, 4) is 6.07 Å². The fourth-order valence-electron chi connectivity index (χ4n) is 0.944. The molecule has 1 rings (SSSR count). The lowest BCUT2D eigenvalue weighted by Crippen LogP contribution is -1.88. The van der Waals surface area contributed by atoms with Crippen LogP contribution in [-0.4, -0.2) is 13.8 Å². The maximum Gasteiger partial charge on any atom is 0.0992 e. The van der Waals surface area contributed by atoms with E-state index in [1.54, 1.807) is 25.2 Å². The highest BCUT2D eigenvalue weighted by Crippen LogP contribution is 2.24. The molecule has 3 heteroatoms. The third kappa shape index (κ3) is 1.43. The Hall–Kier alpha value is -1.82. The topological polar surface area (TPSA) is 48.2 Å². The van der Waals surface area contributed by atoms with Gasteiger partial charge in [-0.15, -0.1) is 0 Å². The Balaban J connectivity index is 3.21. The summed E-state index contributed by atoms with van der Waals surface area (Å²) in [6.45, 7) is 3.42. The van der Waals surface area contributed by atoms with E-state index in [9.17, 15) is 0 Å². The lowest BCUT2D eigenvalue weighted by Gasteiger charge is -2.03. The highest BCUT2D eigenvalue weighted by atomic mass is 14.9. The molecule has 60 valence electrons. The third-order valence-corrected chi connectivity index (χ3v) is 1.57. The smallest absolute Gasteiger partial charge is 0.0992 e. The highest BCUT2D eigenvalue weighted by Gasteiger charge is 1.98. The van der Waals surface area contributed by atoms with Gasteiger partial charge in [0.15, 0.2) is 0 Å². The van der Waals surface area contributed by atoms with Crippen molar-refractivity contribution in [2.45, 2.75) is 0 Å². The molecule has 0 unspecified atom stereocenters. The molecule has 0 saturated heterocycles. The van der Waals surface area contributed by atoms with Crippen LogP contribution >= 0.6 is 0 Å². The van der Waals surface area contributed by atoms with E-state index in [1.807, 2.05) is 0 Å². The van der Waals surface area contributed by atoms with E-state index in [4.69, 9.17) is 5.26 Å². The summed E-state index contributed by atoms with van der Waals surface area (Å²) in [6, 6.07) is 7.27. The molecule has 0 fully saturated rings. The van der Waals surface area contributed by atoms with Gasteiger partial charge in [-0.25, -0.2) is 0 Å². The van der Waals surface area contributed by atoms with Crippen LogP contribution in [0, 0.1) is 11.3 Å². The molecule has 0 aliphatic heterocycles. The van der Waals surface area contributed by atoms with Gasteiger partial charge in [-0.3, -0.25) is 4.99 Å². The molecule has 0 saturated carbocycles. The Morgan fingerprint density at radius 3 is 2.83 bits per heavy atom. The molecule has 1 N–H and O–H groups in total. The van der Waals surface area contributed by atoms with Crippen molar-refractivity contribution in [2.24, 2.45) is 4.99 Å². The second-order valence-corrected chi connectivity index (χ2v) is 2.25. The molecule has 1 aromatic carbocycles. The van der Waals surface area contributed by atoms with Crippen LogP contribution in [0.2, 0.25) is 0 Å². The number of rotatable bonds is 2. The van der Waals surface area contributed by atoms with Gasteiger partial charge in [-0.1, -0.05) is 0 Å². The van der Waals surface area contributed by atoms with Crippen LogP contribution in [0.1, 0.15) is 5.56 Å². The molecule has 0 bridgehead atoms. The maximum atomic E-state index is 8.60. The quantitative estimate of drug-likeness (QED) is 0.670. The van der Waals surface area contributed by atoms with Crippen LogP contribution in [0.4, 0.5) is 11.4 Å². The number of nitrogens with one attached hydrogen (secondary N) is 1. The van der Waals surface area contributed by atoms with E-state index < -0.39 is 0 Å². The second-order valence-electron chi connectivity index (χ2n) is 2.25. The summed E-state index contributed by atoms with van der Waals surface area (Å²) in [4.78, 5) is 3.79. The monoisotopic (exact) mass is 159 g/mol. The number of hydrogen-bond acceptors (Lipinski definition) is 3. The van der Waals surface area contributed by atoms with Crippen LogP contribution < -0.4 is 5.32 Å². The normalized spacial score (nSPS) is 8.67. The van der Waals surface area contributed by atoms with Crippen molar-refractivity contribution in [2.75, 3.05) is 12.4 Å². The Kier molecular flexibility index (Phi) is 2.44. The average Bonchev–Trinajstić information content (AvgIpc) is 2.16. The molecular weight excluding hydrogens is 150 g/mol. The van der Waals surface area contributed by atoms with Gasteiger partial charge < -0.3 is 5.32 Å². The van der Waals surface area contributed by atoms with E-state index in [0.29, 0.717) is 5.56 Å². The molecular formula is C9H9N3. The average molecular weight is 159 g/mol. The molecule has 0 aromatic heterocycles. The zero-order valence-electron chi connectivity index (χ0n) is 6.83. The van der Waals surface area contributed by atoms with Gasteiger partial charge in [0.2, 0.25) is 0 Å². The van der Waals surface area contributed by atoms with Crippen molar-refractivity contribution in [3.63, 3.8) is 0 Å². The summed E-state index contributed by atoms with van der Waals surface area (Å²) >= 11 is 0. The van der Waals surface area contributed by atoms with Crippen molar-refractivity contribution >= 4 is 18.1 Å². The Morgan fingerprint density at radius 2 is 2.33 bits per heavy atom. The van der Waals surface area contributed by atoms with E-state index in [2.05, 4.69) is 23.1 Å². The minimum Gasteiger partial charge on any atom is -0.386 e. The van der Waals surface area contributed by atoms with Crippen molar-refractivity contribution in [1.29, 1.82) is 5.26 Å². The van der Waals surface area contributed by atoms with Crippen molar-refractivity contribution in [3.05, 3.63) is 23.8 Å². The van der Waals surface area contributed by atoms with E-state index >= 15 is 0 Å². The predicted octanol–water partition coefficient (Wildman–Crippen LogP) is 1.93. The number of hydrogen-bond donors (Lipinski definition) is 1. The first-order chi connectivity index (χ1) is 5.81. The summed E-state index contributed by atoms with van der Waals surface area (Å²) in [7, 11) is 1.78. The standard InChI is InChI=1S/C9H9N3/c1-11-8-4-3-7(6-10)5-9(8)12-2/h3-5,12H,1H2,2H3. The van der Waals surface area contributed by atoms with Gasteiger partial charge >= 0.3 is 0 Å². The van der Waals surface area contributed by atoms with Crippen LogP contribution in [0.15, 0.2) is 23.2 Å². The van der Waals surface area contributed by atoms with Crippen molar-refractivity contribution < 1.29 is 0 Å². The number of aliphatic imine (C=N–C) groups is 1. The van der Waals surface area contributed by atoms with Crippen molar-refractivity contribution in [1.82, 2.24) is 0 Å². The fraction of sp³-hybridized carbons (Fsp3) is 0.111. The number of anilines is 1. The molecule has 12 heavy (non-hydrogen) atoms. The van der Waals surface area contributed by atoms with E-state index in [1.165, 1.54) is 0 Å². The molecule has 0 atom stereocenters. The van der Waals surface area contributed by atoms with Crippen LogP contribution in [0.3, 0.4) is 0 Å². The first-order valence-electron chi connectivity index (χ1n) is 3.50. The van der Waals surface area contributed by atoms with Crippen LogP contribution in [-0.2, 0) is 0 Å². The minimum atomic E-state index is 0.617. The Labute approximate surface area is 71.4 Å². The molecule has 0 radical (unpaired) electrons. The lowest BCUT2D eigenvalue weighted by molar-refractivity contribution is 1.43. The summed E-state index contributed by atoms with van der Waals surface area (Å²) in [6.07, 6.45) is 0. The second kappa shape index (κ2) is 3.54. The van der Waals surface area contributed by atoms with Gasteiger partial charge in [0.1, 0.15) is 0 Å². The molecule has 0 amide bonds. The van der Waals surface area contributed by atoms with Crippen LogP contribution in [0.5, 0.6) is 0 Å². The van der Waals surface area contributed by atoms with E-state index in [-0.39, 0.29) is 0 Å². The third-order valence-electron chi connectivity index (χ3n) is 1.57. The summed E-state index contributed by atoms with van der Waals surface area (Å²) < 4.78 is 0. The Bertz CT molecular complexity index is 336. The SMILES string of the molecule is C=Nc1ccc(C#N)cc1NC. The predicted molar refractivity (Wildman–Crippen MR) is 49.9 cm³/mol. The van der Waals surface area contributed by atoms with E-state index in [0.717, 1.165) is 11.4 Å². The highest BCUT2D eigenvalue weighted by molar-refractivity contribution is 5.69. The largest absolute Gasteiger partial charge is 0.386 e. The number of nitrogens with zero attached hydrogens (tertiary/aromatic N) is 2. The maximum absolute atomic E-state index is 8.60. The number of benzene rings is 1. The van der Waals surface area contributed by atoms with Gasteiger partial charge in [0.05, 0.1) is 23.0 Å². The summed E-state index contributed by atoms with van der Waals surface area (Å²) in [5.41, 5.74) is 2.20. The molecule has 0 aliphatic rings. The fourth-order valence-corrected chi connectivity index (χ4v) is 0.944. The zero-order valence-corrected chi connectivity index (χ0v) is 6.83. The molecule has 0 heterocycles. The zero-order chi connectivity index (χ0) is 8.97. The van der Waals surface area contributed by atoms with Gasteiger partial charge in [-0.05, 0) is 24.9 Å². The summed E-state index contributed by atoms with van der Waals surface area (Å²) in [5, 5.41) is 11.5. The van der Waals surface area contributed by atoms with Gasteiger partial charge in [0, 0.05) is 7.05 Å². The van der Waals surface area contributed by atoms with Gasteiger partial charge in [-0.2, -0.15) is 5.26 Å². The molecule has 0 spiro atoms. The first-order valence-corrected chi connectivity index (χ1v) is 3.50. The van der Waals surface area contributed by atoms with Gasteiger partial charge in [0.25, 0.3) is 0 Å². The minimum absolute atomic E-state index is 0.617. The molecule has 3 nitrogen and oxygen atoms in total. The number of nitriles is 1. The van der Waals surface area contributed by atoms with Crippen LogP contribution in [0.25, 0.3) is 0 Å². The molecule has 0 aliphatic carbocycles. The Morgan fingerprint density at radius 1 is 1.58 bits per heavy atom.